The summed E-state index contributed by atoms with van der Waals surface area (Å²) < 4.78 is 1.24. The molecule has 1 aromatic carbocycles. The Hall–Kier alpha value is -1.15. The zero-order valence-corrected chi connectivity index (χ0v) is 17.3. The second kappa shape index (κ2) is 8.47. The van der Waals surface area contributed by atoms with Crippen LogP contribution in [0, 0.1) is 11.8 Å². The first kappa shape index (κ1) is 19.2. The number of nitrogens with zero attached hydrogens (tertiary/aromatic N) is 2. The molecule has 7 heteroatoms. The average molecular weight is 406 g/mol. The van der Waals surface area contributed by atoms with Gasteiger partial charge in [0.25, 0.3) is 0 Å². The van der Waals surface area contributed by atoms with E-state index in [2.05, 4.69) is 28.4 Å². The van der Waals surface area contributed by atoms with Crippen LogP contribution in [0.15, 0.2) is 24.3 Å². The smallest absolute Gasteiger partial charge is 0.221 e. The van der Waals surface area contributed by atoms with Crippen molar-refractivity contribution in [3.05, 3.63) is 29.3 Å². The van der Waals surface area contributed by atoms with Gasteiger partial charge in [0.1, 0.15) is 5.01 Å². The highest BCUT2D eigenvalue weighted by Gasteiger charge is 2.42. The number of aliphatic hydroxyl groups excluding tert-OH is 1. The van der Waals surface area contributed by atoms with Crippen LogP contribution in [0.4, 0.5) is 0 Å². The number of rotatable bonds is 6. The van der Waals surface area contributed by atoms with E-state index in [1.165, 1.54) is 4.70 Å². The number of aromatic nitrogens is 1. The monoisotopic (exact) mass is 405 g/mol. The summed E-state index contributed by atoms with van der Waals surface area (Å²) in [6.45, 7) is 2.93. The van der Waals surface area contributed by atoms with Crippen LogP contribution in [0.2, 0.25) is 0 Å². The van der Waals surface area contributed by atoms with Gasteiger partial charge >= 0.3 is 0 Å². The van der Waals surface area contributed by atoms with Gasteiger partial charge in [-0.15, -0.1) is 11.3 Å². The van der Waals surface area contributed by atoms with Crippen molar-refractivity contribution in [1.82, 2.24) is 15.2 Å². The molecule has 1 aliphatic carbocycles. The molecule has 1 saturated carbocycles. The molecule has 2 aromatic rings. The Kier molecular flexibility index (Phi) is 6.02. The lowest BCUT2D eigenvalue weighted by atomic mass is 9.77. The highest BCUT2D eigenvalue weighted by molar-refractivity contribution is 7.98. The van der Waals surface area contributed by atoms with Crippen molar-refractivity contribution >= 4 is 39.2 Å². The Morgan fingerprint density at radius 3 is 2.89 bits per heavy atom. The third-order valence-electron chi connectivity index (χ3n) is 5.79. The Morgan fingerprint density at radius 1 is 1.33 bits per heavy atom. The molecule has 4 atom stereocenters. The van der Waals surface area contributed by atoms with E-state index in [1.807, 2.05) is 12.3 Å². The number of thiazole rings is 1. The maximum Gasteiger partial charge on any atom is 0.221 e. The number of thioether (sulfide) groups is 1. The maximum absolute atomic E-state index is 12.0. The number of likely N-dealkylation sites (tertiary alicyclic amines) is 1. The Bertz CT molecular complexity index is 763. The third-order valence-corrected chi connectivity index (χ3v) is 7.43. The molecule has 4 rings (SSSR count). The van der Waals surface area contributed by atoms with Crippen molar-refractivity contribution in [2.75, 3.05) is 25.1 Å². The summed E-state index contributed by atoms with van der Waals surface area (Å²) in [6.07, 6.45) is 3.78. The second-order valence-electron chi connectivity index (χ2n) is 7.75. The van der Waals surface area contributed by atoms with E-state index in [9.17, 15) is 9.90 Å². The first-order chi connectivity index (χ1) is 13.1. The van der Waals surface area contributed by atoms with Crippen molar-refractivity contribution < 1.29 is 9.90 Å². The molecule has 5 nitrogen and oxygen atoms in total. The number of carbonyl (C=O) groups excluding carboxylic acids is 1. The lowest BCUT2D eigenvalue weighted by Crippen LogP contribution is -2.49. The molecule has 1 amide bonds. The number of amides is 1. The summed E-state index contributed by atoms with van der Waals surface area (Å²) in [4.78, 5) is 19.3. The van der Waals surface area contributed by atoms with Crippen LogP contribution in [0.5, 0.6) is 0 Å². The minimum atomic E-state index is -0.424. The number of aliphatic hydroxyl groups is 1. The fourth-order valence-electron chi connectivity index (χ4n) is 4.46. The predicted octanol–water partition coefficient (Wildman–Crippen LogP) is 2.74. The van der Waals surface area contributed by atoms with E-state index < -0.39 is 6.10 Å². The number of nitrogens with one attached hydrogen (secondary N) is 1. The van der Waals surface area contributed by atoms with Gasteiger partial charge in [-0.05, 0) is 43.1 Å². The Balaban J connectivity index is 1.34. The van der Waals surface area contributed by atoms with E-state index >= 15 is 0 Å². The van der Waals surface area contributed by atoms with Crippen molar-refractivity contribution in [2.24, 2.45) is 11.8 Å². The molecular weight excluding hydrogens is 378 g/mol. The van der Waals surface area contributed by atoms with Gasteiger partial charge in [-0.1, -0.05) is 12.1 Å². The fraction of sp³-hybridized carbons (Fsp3) is 0.600. The van der Waals surface area contributed by atoms with Gasteiger partial charge in [-0.3, -0.25) is 9.69 Å². The van der Waals surface area contributed by atoms with Gasteiger partial charge in [-0.25, -0.2) is 4.98 Å². The topological polar surface area (TPSA) is 65.5 Å². The standard InChI is InChI=1S/C20H27N3O2S2/c1-26-7-6-19(25)21-16-8-13-10-23(11-14(13)9-17(16)24)12-20-22-15-4-2-3-5-18(15)27-20/h2-5,13-14,16-17,24H,6-12H2,1H3,(H,21,25)/t13-,14+,16-,17-/m0/s1. The number of benzene rings is 1. The van der Waals surface area contributed by atoms with Gasteiger partial charge < -0.3 is 10.4 Å². The number of carbonyl (C=O) groups is 1. The lowest BCUT2D eigenvalue weighted by Gasteiger charge is -2.35. The highest BCUT2D eigenvalue weighted by atomic mass is 32.2. The first-order valence-electron chi connectivity index (χ1n) is 9.65. The molecule has 0 unspecified atom stereocenters. The molecule has 0 spiro atoms. The van der Waals surface area contributed by atoms with Crippen LogP contribution in [-0.2, 0) is 11.3 Å². The summed E-state index contributed by atoms with van der Waals surface area (Å²) in [5, 5.41) is 14.7. The Labute approximate surface area is 168 Å². The Morgan fingerprint density at radius 2 is 2.11 bits per heavy atom. The summed E-state index contributed by atoms with van der Waals surface area (Å²) in [5.74, 6) is 1.97. The molecule has 2 aliphatic rings. The summed E-state index contributed by atoms with van der Waals surface area (Å²) in [7, 11) is 0. The van der Waals surface area contributed by atoms with Crippen LogP contribution in [0.1, 0.15) is 24.3 Å². The van der Waals surface area contributed by atoms with Crippen LogP contribution in [0.3, 0.4) is 0 Å². The molecule has 2 heterocycles. The minimum Gasteiger partial charge on any atom is -0.391 e. The number of hydrogen-bond acceptors (Lipinski definition) is 6. The largest absolute Gasteiger partial charge is 0.391 e. The summed E-state index contributed by atoms with van der Waals surface area (Å²) in [5.41, 5.74) is 1.08. The molecular formula is C20H27N3O2S2. The van der Waals surface area contributed by atoms with E-state index in [0.29, 0.717) is 18.3 Å². The number of para-hydroxylation sites is 1. The zero-order valence-electron chi connectivity index (χ0n) is 15.6. The highest BCUT2D eigenvalue weighted by Crippen LogP contribution is 2.37. The average Bonchev–Trinajstić information content (AvgIpc) is 3.22. The van der Waals surface area contributed by atoms with Gasteiger partial charge in [0.2, 0.25) is 5.91 Å². The molecule has 2 N–H and O–H groups in total. The number of fused-ring (bicyclic) bond motifs is 2. The molecule has 1 aliphatic heterocycles. The van der Waals surface area contributed by atoms with Crippen LogP contribution in [-0.4, -0.2) is 58.1 Å². The second-order valence-corrected chi connectivity index (χ2v) is 9.85. The van der Waals surface area contributed by atoms with Gasteiger partial charge in [0, 0.05) is 25.3 Å². The fourth-order valence-corrected chi connectivity index (χ4v) is 5.86. The van der Waals surface area contributed by atoms with Crippen molar-refractivity contribution in [3.63, 3.8) is 0 Å². The quantitative estimate of drug-likeness (QED) is 0.774. The first-order valence-corrected chi connectivity index (χ1v) is 11.9. The van der Waals surface area contributed by atoms with Crippen molar-refractivity contribution in [1.29, 1.82) is 0 Å². The molecule has 2 fully saturated rings. The summed E-state index contributed by atoms with van der Waals surface area (Å²) >= 11 is 3.45. The van der Waals surface area contributed by atoms with E-state index in [1.54, 1.807) is 23.1 Å². The normalized spacial score (nSPS) is 28.4. The van der Waals surface area contributed by atoms with E-state index in [-0.39, 0.29) is 11.9 Å². The van der Waals surface area contributed by atoms with Crippen LogP contribution in [0.25, 0.3) is 10.2 Å². The van der Waals surface area contributed by atoms with Crippen LogP contribution < -0.4 is 5.32 Å². The molecule has 27 heavy (non-hydrogen) atoms. The summed E-state index contributed by atoms with van der Waals surface area (Å²) in [6, 6.07) is 8.19. The molecule has 0 bridgehead atoms. The lowest BCUT2D eigenvalue weighted by molar-refractivity contribution is -0.123. The van der Waals surface area contributed by atoms with E-state index in [4.69, 9.17) is 4.98 Å². The maximum atomic E-state index is 12.0. The van der Waals surface area contributed by atoms with Crippen molar-refractivity contribution in [3.8, 4) is 0 Å². The zero-order chi connectivity index (χ0) is 18.8. The van der Waals surface area contributed by atoms with Gasteiger partial charge in [-0.2, -0.15) is 11.8 Å². The van der Waals surface area contributed by atoms with E-state index in [0.717, 1.165) is 48.8 Å². The SMILES string of the molecule is CSCCC(=O)N[C@H]1C[C@H]2CN(Cc3nc4ccccc4s3)C[C@H]2C[C@@H]1O. The van der Waals surface area contributed by atoms with Crippen molar-refractivity contribution in [2.45, 2.75) is 38.0 Å². The number of hydrogen-bond donors (Lipinski definition) is 2. The minimum absolute atomic E-state index is 0.0659. The van der Waals surface area contributed by atoms with Crippen LogP contribution >= 0.6 is 23.1 Å². The van der Waals surface area contributed by atoms with Gasteiger partial charge in [0.05, 0.1) is 28.9 Å². The molecule has 146 valence electrons. The molecule has 0 radical (unpaired) electrons. The molecule has 1 saturated heterocycles. The third kappa shape index (κ3) is 4.47. The predicted molar refractivity (Wildman–Crippen MR) is 112 cm³/mol. The van der Waals surface area contributed by atoms with Gasteiger partial charge in [0.15, 0.2) is 0 Å². The molecule has 1 aromatic heterocycles.